The van der Waals surface area contributed by atoms with Gasteiger partial charge in [0.1, 0.15) is 0 Å². The zero-order valence-electron chi connectivity index (χ0n) is 10.7. The molecule has 0 N–H and O–H groups in total. The minimum absolute atomic E-state index is 0.0795. The normalized spacial score (nSPS) is 32.4. The first-order chi connectivity index (χ1) is 8.47. The number of ether oxygens (including phenoxy) is 1. The standard InChI is InChI=1S/C11H19NO4S2/c1-16-11(13)7-18(14,15)12-8-3-4-9(12)6-10(5-8)17-2/h8-10H,3-7H2,1-2H3. The average Bonchev–Trinajstić information content (AvgIpc) is 2.61. The van der Waals surface area contributed by atoms with Crippen molar-refractivity contribution in [3.05, 3.63) is 0 Å². The van der Waals surface area contributed by atoms with E-state index in [4.69, 9.17) is 0 Å². The molecular formula is C11H19NO4S2. The third-order valence-corrected chi connectivity index (χ3v) is 6.70. The number of carbonyl (C=O) groups is 1. The van der Waals surface area contributed by atoms with Crippen LogP contribution in [0.2, 0.25) is 0 Å². The number of carbonyl (C=O) groups excluding carboxylic acids is 1. The molecule has 2 aliphatic heterocycles. The molecule has 0 spiro atoms. The molecule has 2 rings (SSSR count). The predicted octanol–water partition coefficient (Wildman–Crippen LogP) is 0.848. The van der Waals surface area contributed by atoms with Gasteiger partial charge in [0, 0.05) is 17.3 Å². The molecule has 2 unspecified atom stereocenters. The number of thioether (sulfide) groups is 1. The quantitative estimate of drug-likeness (QED) is 0.719. The van der Waals surface area contributed by atoms with E-state index in [-0.39, 0.29) is 12.1 Å². The van der Waals surface area contributed by atoms with E-state index in [2.05, 4.69) is 11.0 Å². The van der Waals surface area contributed by atoms with Gasteiger partial charge in [0.25, 0.3) is 0 Å². The molecule has 2 aliphatic rings. The highest BCUT2D eigenvalue weighted by Gasteiger charge is 2.46. The molecule has 0 radical (unpaired) electrons. The van der Waals surface area contributed by atoms with Crippen LogP contribution in [0.1, 0.15) is 25.7 Å². The molecule has 2 saturated heterocycles. The smallest absolute Gasteiger partial charge is 0.322 e. The first-order valence-electron chi connectivity index (χ1n) is 6.08. The maximum atomic E-state index is 12.2. The Kier molecular flexibility index (Phi) is 4.23. The van der Waals surface area contributed by atoms with Crippen LogP contribution in [-0.4, -0.2) is 55.1 Å². The van der Waals surface area contributed by atoms with Crippen molar-refractivity contribution in [2.24, 2.45) is 0 Å². The summed E-state index contributed by atoms with van der Waals surface area (Å²) in [6.07, 6.45) is 5.71. The topological polar surface area (TPSA) is 63.7 Å². The summed E-state index contributed by atoms with van der Waals surface area (Å²) in [4.78, 5) is 11.2. The predicted molar refractivity (Wildman–Crippen MR) is 71.0 cm³/mol. The monoisotopic (exact) mass is 293 g/mol. The maximum Gasteiger partial charge on any atom is 0.322 e. The fraction of sp³-hybridized carbons (Fsp3) is 0.909. The Bertz CT molecular complexity index is 409. The van der Waals surface area contributed by atoms with Crippen molar-refractivity contribution in [2.45, 2.75) is 43.0 Å². The summed E-state index contributed by atoms with van der Waals surface area (Å²) < 4.78 is 30.5. The zero-order valence-corrected chi connectivity index (χ0v) is 12.3. The van der Waals surface area contributed by atoms with Gasteiger partial charge in [-0.05, 0) is 31.9 Å². The van der Waals surface area contributed by atoms with E-state index in [1.165, 1.54) is 7.11 Å². The minimum atomic E-state index is -3.51. The summed E-state index contributed by atoms with van der Waals surface area (Å²) in [5.41, 5.74) is 0. The number of sulfonamides is 1. The lowest BCUT2D eigenvalue weighted by molar-refractivity contribution is -0.137. The van der Waals surface area contributed by atoms with Crippen LogP contribution in [0.4, 0.5) is 0 Å². The van der Waals surface area contributed by atoms with Crippen molar-refractivity contribution in [1.82, 2.24) is 4.31 Å². The van der Waals surface area contributed by atoms with Crippen LogP contribution < -0.4 is 0 Å². The van der Waals surface area contributed by atoms with Gasteiger partial charge in [-0.15, -0.1) is 0 Å². The largest absolute Gasteiger partial charge is 0.468 e. The number of piperidine rings is 1. The molecule has 2 atom stereocenters. The molecule has 2 fully saturated rings. The van der Waals surface area contributed by atoms with Crippen LogP contribution in [0.3, 0.4) is 0 Å². The molecule has 0 aromatic carbocycles. The summed E-state index contributed by atoms with van der Waals surface area (Å²) in [6.45, 7) is 0. The molecule has 2 bridgehead atoms. The van der Waals surface area contributed by atoms with E-state index in [1.54, 1.807) is 4.31 Å². The van der Waals surface area contributed by atoms with Crippen molar-refractivity contribution in [3.8, 4) is 0 Å². The highest BCUT2D eigenvalue weighted by molar-refractivity contribution is 7.99. The van der Waals surface area contributed by atoms with Crippen molar-refractivity contribution >= 4 is 27.8 Å². The second kappa shape index (κ2) is 5.38. The minimum Gasteiger partial charge on any atom is -0.468 e. The van der Waals surface area contributed by atoms with Crippen molar-refractivity contribution in [2.75, 3.05) is 19.1 Å². The highest BCUT2D eigenvalue weighted by Crippen LogP contribution is 2.41. The fourth-order valence-electron chi connectivity index (χ4n) is 3.01. The van der Waals surface area contributed by atoms with Crippen LogP contribution in [0.25, 0.3) is 0 Å². The van der Waals surface area contributed by atoms with E-state index in [0.717, 1.165) is 25.7 Å². The maximum absolute atomic E-state index is 12.2. The summed E-state index contributed by atoms with van der Waals surface area (Å²) in [5, 5.41) is 0.548. The van der Waals surface area contributed by atoms with E-state index in [1.807, 2.05) is 11.8 Å². The molecule has 18 heavy (non-hydrogen) atoms. The van der Waals surface area contributed by atoms with Crippen LogP contribution in [0, 0.1) is 0 Å². The van der Waals surface area contributed by atoms with Crippen LogP contribution >= 0.6 is 11.8 Å². The molecule has 104 valence electrons. The first-order valence-corrected chi connectivity index (χ1v) is 8.98. The average molecular weight is 293 g/mol. The Hall–Kier alpha value is -0.270. The second-order valence-corrected chi connectivity index (χ2v) is 7.89. The Morgan fingerprint density at radius 3 is 2.33 bits per heavy atom. The Labute approximate surface area is 112 Å². The molecule has 0 aliphatic carbocycles. The Morgan fingerprint density at radius 2 is 1.89 bits per heavy atom. The number of hydrogen-bond donors (Lipinski definition) is 0. The zero-order chi connectivity index (χ0) is 13.3. The van der Waals surface area contributed by atoms with Crippen molar-refractivity contribution in [3.63, 3.8) is 0 Å². The van der Waals surface area contributed by atoms with Crippen LogP contribution in [-0.2, 0) is 19.6 Å². The van der Waals surface area contributed by atoms with Gasteiger partial charge in [0.15, 0.2) is 5.75 Å². The Balaban J connectivity index is 2.13. The number of hydrogen-bond acceptors (Lipinski definition) is 5. The highest BCUT2D eigenvalue weighted by atomic mass is 32.2. The summed E-state index contributed by atoms with van der Waals surface area (Å²) in [6, 6.07) is 0.159. The third kappa shape index (κ3) is 2.67. The van der Waals surface area contributed by atoms with Gasteiger partial charge in [-0.25, -0.2) is 8.42 Å². The van der Waals surface area contributed by atoms with E-state index < -0.39 is 21.7 Å². The first kappa shape index (κ1) is 14.1. The summed E-state index contributed by atoms with van der Waals surface area (Å²) in [5.74, 6) is -1.21. The SMILES string of the molecule is COC(=O)CS(=O)(=O)N1C2CCC1CC(SC)C2. The molecule has 7 heteroatoms. The van der Waals surface area contributed by atoms with Gasteiger partial charge in [0.2, 0.25) is 10.0 Å². The molecular weight excluding hydrogens is 274 g/mol. The van der Waals surface area contributed by atoms with Crippen molar-refractivity contribution < 1.29 is 17.9 Å². The molecule has 0 saturated carbocycles. The summed E-state index contributed by atoms with van der Waals surface area (Å²) in [7, 11) is -2.30. The fourth-order valence-corrected chi connectivity index (χ4v) is 5.70. The summed E-state index contributed by atoms with van der Waals surface area (Å²) >= 11 is 1.81. The lowest BCUT2D eigenvalue weighted by Gasteiger charge is -2.37. The van der Waals surface area contributed by atoms with Gasteiger partial charge < -0.3 is 4.74 Å². The molecule has 0 aromatic rings. The van der Waals surface area contributed by atoms with Gasteiger partial charge >= 0.3 is 5.97 Å². The number of esters is 1. The third-order valence-electron chi connectivity index (χ3n) is 3.81. The number of rotatable bonds is 4. The van der Waals surface area contributed by atoms with Crippen molar-refractivity contribution in [1.29, 1.82) is 0 Å². The van der Waals surface area contributed by atoms with Crippen LogP contribution in [0.5, 0.6) is 0 Å². The van der Waals surface area contributed by atoms with Gasteiger partial charge in [0.05, 0.1) is 7.11 Å². The van der Waals surface area contributed by atoms with Gasteiger partial charge in [-0.2, -0.15) is 16.1 Å². The van der Waals surface area contributed by atoms with E-state index in [9.17, 15) is 13.2 Å². The molecule has 5 nitrogen and oxygen atoms in total. The lowest BCUT2D eigenvalue weighted by atomic mass is 10.1. The van der Waals surface area contributed by atoms with Crippen LogP contribution in [0.15, 0.2) is 0 Å². The molecule has 0 amide bonds. The van der Waals surface area contributed by atoms with Gasteiger partial charge in [-0.1, -0.05) is 0 Å². The number of nitrogens with zero attached hydrogens (tertiary/aromatic N) is 1. The molecule has 2 heterocycles. The van der Waals surface area contributed by atoms with E-state index in [0.29, 0.717) is 5.25 Å². The lowest BCUT2D eigenvalue weighted by Crippen LogP contribution is -2.49. The van der Waals surface area contributed by atoms with Gasteiger partial charge in [-0.3, -0.25) is 4.79 Å². The number of methoxy groups -OCH3 is 1. The van der Waals surface area contributed by atoms with E-state index >= 15 is 0 Å². The molecule has 0 aromatic heterocycles. The Morgan fingerprint density at radius 1 is 1.33 bits per heavy atom. The second-order valence-electron chi connectivity index (χ2n) is 4.88. The number of fused-ring (bicyclic) bond motifs is 2.